The number of thiazole rings is 1. The monoisotopic (exact) mass is 287 g/mol. The Bertz CT molecular complexity index is 511. The van der Waals surface area contributed by atoms with Crippen molar-refractivity contribution in [3.8, 4) is 5.75 Å². The molecule has 2 rings (SSSR count). The molecule has 0 aliphatic heterocycles. The van der Waals surface area contributed by atoms with E-state index in [0.717, 1.165) is 8.62 Å². The van der Waals surface area contributed by atoms with E-state index in [1.807, 2.05) is 0 Å². The maximum absolute atomic E-state index is 13.4. The fraction of sp³-hybridized carbons (Fsp3) is 0.100. The molecule has 2 aromatic rings. The average molecular weight is 288 g/mol. The minimum absolute atomic E-state index is 0.235. The highest BCUT2D eigenvalue weighted by atomic mass is 79.9. The normalized spacial score (nSPS) is 10.5. The summed E-state index contributed by atoms with van der Waals surface area (Å²) < 4.78 is 20.2. The van der Waals surface area contributed by atoms with Gasteiger partial charge in [0.25, 0.3) is 0 Å². The first-order valence-electron chi connectivity index (χ1n) is 4.20. The van der Waals surface area contributed by atoms with Crippen LogP contribution in [0, 0.1) is 5.82 Å². The number of benzene rings is 1. The minimum Gasteiger partial charge on any atom is -0.486 e. The molecule has 0 spiro atoms. The van der Waals surface area contributed by atoms with Gasteiger partial charge in [0.2, 0.25) is 0 Å². The molecule has 0 bridgehead atoms. The lowest BCUT2D eigenvalue weighted by atomic mass is 10.3. The van der Waals surface area contributed by atoms with E-state index in [2.05, 4.69) is 27.5 Å². The number of hydrogen-bond acceptors (Lipinski definition) is 3. The van der Waals surface area contributed by atoms with E-state index >= 15 is 0 Å². The van der Waals surface area contributed by atoms with Crippen LogP contribution in [0.4, 0.5) is 4.39 Å². The molecule has 2 nitrogen and oxygen atoms in total. The quantitative estimate of drug-likeness (QED) is 0.802. The molecule has 78 valence electrons. The molecule has 0 amide bonds. The molecule has 5 heteroatoms. The second kappa shape index (κ2) is 4.28. The first kappa shape index (κ1) is 10.6. The van der Waals surface area contributed by atoms with Crippen LogP contribution in [-0.4, -0.2) is 11.6 Å². The number of hydrogen-bond donors (Lipinski definition) is 0. The molecule has 0 radical (unpaired) electrons. The first-order valence-corrected chi connectivity index (χ1v) is 5.81. The highest BCUT2D eigenvalue weighted by Crippen LogP contribution is 2.31. The standard InChI is InChI=1S/C10H7BrFNOS/c1-2-3-14-8-5-9-7(4-6(8)12)13-10(11)15-9/h2,4-5H,1,3H2. The topological polar surface area (TPSA) is 22.1 Å². The zero-order valence-corrected chi connectivity index (χ0v) is 10.1. The molecule has 0 aliphatic carbocycles. The smallest absolute Gasteiger partial charge is 0.167 e. The third kappa shape index (κ3) is 2.18. The Labute approximate surface area is 98.5 Å². The summed E-state index contributed by atoms with van der Waals surface area (Å²) >= 11 is 4.70. The summed E-state index contributed by atoms with van der Waals surface area (Å²) in [6.45, 7) is 3.80. The molecule has 1 aromatic carbocycles. The summed E-state index contributed by atoms with van der Waals surface area (Å²) in [4.78, 5) is 4.11. The predicted molar refractivity (Wildman–Crippen MR) is 63.0 cm³/mol. The van der Waals surface area contributed by atoms with Crippen molar-refractivity contribution >= 4 is 37.5 Å². The summed E-state index contributed by atoms with van der Waals surface area (Å²) in [5.41, 5.74) is 0.635. The summed E-state index contributed by atoms with van der Waals surface area (Å²) in [7, 11) is 0. The van der Waals surface area contributed by atoms with Crippen LogP contribution in [0.5, 0.6) is 5.75 Å². The Morgan fingerprint density at radius 1 is 1.60 bits per heavy atom. The van der Waals surface area contributed by atoms with Crippen molar-refractivity contribution in [3.05, 3.63) is 34.5 Å². The highest BCUT2D eigenvalue weighted by molar-refractivity contribution is 9.11. The zero-order valence-electron chi connectivity index (χ0n) is 7.67. The van der Waals surface area contributed by atoms with E-state index in [4.69, 9.17) is 4.74 Å². The van der Waals surface area contributed by atoms with Crippen molar-refractivity contribution in [2.45, 2.75) is 0 Å². The van der Waals surface area contributed by atoms with Crippen molar-refractivity contribution < 1.29 is 9.13 Å². The number of aromatic nitrogens is 1. The van der Waals surface area contributed by atoms with Crippen LogP contribution in [0.25, 0.3) is 10.2 Å². The number of halogens is 2. The second-order valence-corrected chi connectivity index (χ2v) is 5.12. The van der Waals surface area contributed by atoms with Crippen LogP contribution < -0.4 is 4.74 Å². The van der Waals surface area contributed by atoms with Gasteiger partial charge in [-0.2, -0.15) is 0 Å². The molecular formula is C10H7BrFNOS. The Hall–Kier alpha value is -0.940. The number of ether oxygens (including phenoxy) is 1. The molecule has 0 N–H and O–H groups in total. The van der Waals surface area contributed by atoms with Crippen LogP contribution in [0.1, 0.15) is 0 Å². The van der Waals surface area contributed by atoms with Crippen LogP contribution in [0.15, 0.2) is 28.7 Å². The molecule has 0 fully saturated rings. The van der Waals surface area contributed by atoms with Crippen molar-refractivity contribution in [3.63, 3.8) is 0 Å². The van der Waals surface area contributed by atoms with Gasteiger partial charge in [-0.15, -0.1) is 11.3 Å². The van der Waals surface area contributed by atoms with E-state index in [9.17, 15) is 4.39 Å². The second-order valence-electron chi connectivity index (χ2n) is 2.82. The Morgan fingerprint density at radius 3 is 3.13 bits per heavy atom. The summed E-state index contributed by atoms with van der Waals surface area (Å²) in [6, 6.07) is 3.02. The van der Waals surface area contributed by atoms with Crippen LogP contribution in [0.2, 0.25) is 0 Å². The highest BCUT2D eigenvalue weighted by Gasteiger charge is 2.09. The van der Waals surface area contributed by atoms with Crippen molar-refractivity contribution in [2.24, 2.45) is 0 Å². The SMILES string of the molecule is C=CCOc1cc2sc(Br)nc2cc1F. The molecule has 1 heterocycles. The van der Waals surface area contributed by atoms with Gasteiger partial charge >= 0.3 is 0 Å². The number of nitrogens with zero attached hydrogens (tertiary/aromatic N) is 1. The fourth-order valence-electron chi connectivity index (χ4n) is 1.16. The van der Waals surface area contributed by atoms with Crippen molar-refractivity contribution in [2.75, 3.05) is 6.61 Å². The summed E-state index contributed by atoms with van der Waals surface area (Å²) in [5, 5.41) is 0. The largest absolute Gasteiger partial charge is 0.486 e. The lowest BCUT2D eigenvalue weighted by Crippen LogP contribution is -1.95. The lowest BCUT2D eigenvalue weighted by molar-refractivity contribution is 0.343. The third-order valence-electron chi connectivity index (χ3n) is 1.77. The van der Waals surface area contributed by atoms with E-state index in [1.54, 1.807) is 12.1 Å². The first-order chi connectivity index (χ1) is 7.20. The molecule has 0 saturated heterocycles. The van der Waals surface area contributed by atoms with Gasteiger partial charge < -0.3 is 4.74 Å². The number of fused-ring (bicyclic) bond motifs is 1. The van der Waals surface area contributed by atoms with Gasteiger partial charge in [-0.1, -0.05) is 12.7 Å². The van der Waals surface area contributed by atoms with E-state index in [-0.39, 0.29) is 5.75 Å². The van der Waals surface area contributed by atoms with Gasteiger partial charge in [0.1, 0.15) is 6.61 Å². The van der Waals surface area contributed by atoms with E-state index in [0.29, 0.717) is 12.1 Å². The van der Waals surface area contributed by atoms with Crippen LogP contribution in [0.3, 0.4) is 0 Å². The molecule has 1 aromatic heterocycles. The van der Waals surface area contributed by atoms with Gasteiger partial charge in [0.15, 0.2) is 15.5 Å². The molecule has 0 aliphatic rings. The maximum atomic E-state index is 13.4. The van der Waals surface area contributed by atoms with E-state index in [1.165, 1.54) is 17.4 Å². The zero-order chi connectivity index (χ0) is 10.8. The molecule has 0 unspecified atom stereocenters. The van der Waals surface area contributed by atoms with Gasteiger partial charge in [0.05, 0.1) is 10.2 Å². The third-order valence-corrected chi connectivity index (χ3v) is 3.24. The summed E-state index contributed by atoms with van der Waals surface area (Å²) in [6.07, 6.45) is 1.58. The van der Waals surface area contributed by atoms with Crippen molar-refractivity contribution in [1.82, 2.24) is 4.98 Å². The van der Waals surface area contributed by atoms with E-state index < -0.39 is 5.82 Å². The van der Waals surface area contributed by atoms with Crippen LogP contribution >= 0.6 is 27.3 Å². The molecule has 15 heavy (non-hydrogen) atoms. The van der Waals surface area contributed by atoms with Gasteiger partial charge in [0, 0.05) is 12.1 Å². The summed E-state index contributed by atoms with van der Waals surface area (Å²) in [5.74, 6) is -0.166. The number of rotatable bonds is 3. The van der Waals surface area contributed by atoms with Gasteiger partial charge in [-0.3, -0.25) is 0 Å². The van der Waals surface area contributed by atoms with Crippen LogP contribution in [-0.2, 0) is 0 Å². The van der Waals surface area contributed by atoms with Gasteiger partial charge in [-0.25, -0.2) is 9.37 Å². The Kier molecular flexibility index (Phi) is 3.02. The molecular weight excluding hydrogens is 281 g/mol. The lowest BCUT2D eigenvalue weighted by Gasteiger charge is -2.03. The predicted octanol–water partition coefficient (Wildman–Crippen LogP) is 3.76. The molecule has 0 saturated carbocycles. The Balaban J connectivity index is 2.46. The maximum Gasteiger partial charge on any atom is 0.167 e. The molecule has 0 atom stereocenters. The Morgan fingerprint density at radius 2 is 2.40 bits per heavy atom. The minimum atomic E-state index is -0.401. The van der Waals surface area contributed by atoms with Crippen molar-refractivity contribution in [1.29, 1.82) is 0 Å². The average Bonchev–Trinajstić information content (AvgIpc) is 2.53. The fourth-order valence-corrected chi connectivity index (χ4v) is 2.58. The van der Waals surface area contributed by atoms with Gasteiger partial charge in [-0.05, 0) is 15.9 Å².